The summed E-state index contributed by atoms with van der Waals surface area (Å²) >= 11 is 0. The minimum atomic E-state index is -1.13. The normalized spacial score (nSPS) is 12.1. The molecule has 1 aromatic heterocycles. The average molecular weight is 757 g/mol. The van der Waals surface area contributed by atoms with Crippen LogP contribution in [0.15, 0.2) is 132 Å². The van der Waals surface area contributed by atoms with Crippen LogP contribution in [0.25, 0.3) is 10.9 Å². The molecule has 12 nitrogen and oxygen atoms in total. The number of H-pyrrole nitrogens is 1. The Labute approximate surface area is 324 Å². The molecule has 2 atom stereocenters. The topological polar surface area (TPSA) is 173 Å². The van der Waals surface area contributed by atoms with Gasteiger partial charge < -0.3 is 45.3 Å². The number of methoxy groups -OCH3 is 1. The number of carbonyl (C=O) groups excluding carboxylic acids is 1. The smallest absolute Gasteiger partial charge is 0.405 e. The van der Waals surface area contributed by atoms with Gasteiger partial charge in [-0.1, -0.05) is 78.9 Å². The number of phenols is 1. The fraction of sp³-hybridized carbons (Fsp3) is 0.205. The number of aromatic amines is 1. The number of carbonyl (C=O) groups is 2. The number of nitrogens with zero attached hydrogens (tertiary/aromatic N) is 1. The predicted molar refractivity (Wildman–Crippen MR) is 213 cm³/mol. The Morgan fingerprint density at radius 2 is 1.61 bits per heavy atom. The molecule has 0 aliphatic heterocycles. The number of ether oxygens (including phenoxy) is 2. The second kappa shape index (κ2) is 18.6. The molecule has 0 spiro atoms. The third kappa shape index (κ3) is 9.91. The molecule has 1 unspecified atom stereocenters. The molecule has 0 bridgehead atoms. The van der Waals surface area contributed by atoms with E-state index in [1.165, 1.54) is 12.1 Å². The summed E-state index contributed by atoms with van der Waals surface area (Å²) in [6.07, 6.45) is -1.44. The number of aromatic hydroxyl groups is 1. The molecule has 5 aromatic carbocycles. The largest absolute Gasteiger partial charge is 0.506 e. The van der Waals surface area contributed by atoms with Gasteiger partial charge in [-0.3, -0.25) is 9.59 Å². The predicted octanol–water partition coefficient (Wildman–Crippen LogP) is 6.53. The summed E-state index contributed by atoms with van der Waals surface area (Å²) in [6.45, 7) is 1.71. The van der Waals surface area contributed by atoms with E-state index in [0.717, 1.165) is 22.3 Å². The first kappa shape index (κ1) is 39.1. The van der Waals surface area contributed by atoms with Crippen molar-refractivity contribution in [3.05, 3.63) is 171 Å². The number of carboxylic acid groups (broad SMARTS) is 1. The Balaban J connectivity index is 1.08. The molecule has 6 aromatic rings. The minimum Gasteiger partial charge on any atom is -0.506 e. The van der Waals surface area contributed by atoms with E-state index in [2.05, 4.69) is 15.6 Å². The van der Waals surface area contributed by atoms with Crippen LogP contribution >= 0.6 is 0 Å². The van der Waals surface area contributed by atoms with Gasteiger partial charge in [-0.25, -0.2) is 4.79 Å². The van der Waals surface area contributed by atoms with Gasteiger partial charge in [0.1, 0.15) is 23.9 Å². The van der Waals surface area contributed by atoms with E-state index in [-0.39, 0.29) is 35.9 Å². The third-order valence-corrected chi connectivity index (χ3v) is 9.42. The maximum absolute atomic E-state index is 14.0. The third-order valence-electron chi connectivity index (χ3n) is 9.42. The highest BCUT2D eigenvalue weighted by molar-refractivity contribution is 5.94. The number of nitrogens with one attached hydrogen (secondary N) is 3. The maximum atomic E-state index is 14.0. The van der Waals surface area contributed by atoms with Crippen molar-refractivity contribution in [3.63, 3.8) is 0 Å². The number of amides is 2. The van der Waals surface area contributed by atoms with Crippen LogP contribution in [0.1, 0.15) is 56.7 Å². The number of rotatable bonds is 17. The Morgan fingerprint density at radius 3 is 2.38 bits per heavy atom. The number of aliphatic hydroxyl groups excluding tert-OH is 1. The summed E-state index contributed by atoms with van der Waals surface area (Å²) in [6, 6.07) is 36.9. The van der Waals surface area contributed by atoms with Crippen molar-refractivity contribution in [3.8, 4) is 17.2 Å². The van der Waals surface area contributed by atoms with E-state index in [1.807, 2.05) is 91.0 Å². The van der Waals surface area contributed by atoms with Crippen molar-refractivity contribution < 1.29 is 34.4 Å². The quantitative estimate of drug-likeness (QED) is 0.0566. The number of hydrogen-bond donors (Lipinski definition) is 6. The Kier molecular flexibility index (Phi) is 13.0. The van der Waals surface area contributed by atoms with Crippen molar-refractivity contribution in [1.29, 1.82) is 0 Å². The van der Waals surface area contributed by atoms with Gasteiger partial charge in [-0.15, -0.1) is 0 Å². The molecule has 0 saturated heterocycles. The molecule has 6 rings (SSSR count). The lowest BCUT2D eigenvalue weighted by Gasteiger charge is -2.24. The SMILES string of the molecule is COc1ccccc1CN(CCCNCC(O)c1ccc(O)c2[nH]c(=O)ccc12)C(=O)c1ccc(COc2cccc([C@@H](NC(=O)O)c3ccccc3)c2)cc1. The Bertz CT molecular complexity index is 2310. The molecular formula is C44H44N4O8. The highest BCUT2D eigenvalue weighted by Gasteiger charge is 2.20. The number of fused-ring (bicyclic) bond motifs is 1. The summed E-state index contributed by atoms with van der Waals surface area (Å²) in [5.74, 6) is 1.03. The lowest BCUT2D eigenvalue weighted by atomic mass is 9.98. The summed E-state index contributed by atoms with van der Waals surface area (Å²) in [7, 11) is 1.60. The summed E-state index contributed by atoms with van der Waals surface area (Å²) in [4.78, 5) is 41.7. The molecule has 1 heterocycles. The molecule has 56 heavy (non-hydrogen) atoms. The molecule has 12 heteroatoms. The zero-order valence-electron chi connectivity index (χ0n) is 30.9. The van der Waals surface area contributed by atoms with E-state index >= 15 is 0 Å². The van der Waals surface area contributed by atoms with Crippen LogP contribution in [0.3, 0.4) is 0 Å². The Morgan fingerprint density at radius 1 is 0.857 bits per heavy atom. The lowest BCUT2D eigenvalue weighted by Crippen LogP contribution is -2.33. The molecule has 0 radical (unpaired) electrons. The molecular weight excluding hydrogens is 713 g/mol. The standard InChI is InChI=1S/C44H44N4O8/c1-55-39-14-6-5-11-33(39)27-48(24-8-23-45-26-38(50)35-19-21-37(49)42-36(35)20-22-40(51)46-42)43(52)31-17-15-29(16-18-31)28-56-34-13-7-12-32(25-34)41(47-44(53)54)30-9-3-2-4-10-30/h2-7,9-22,25,38,41,45,47,49-50H,8,23-24,26-28H2,1H3,(H,46,51)(H,53,54)/t38?,41-/m0/s1. The molecule has 288 valence electrons. The number of aliphatic hydroxyl groups is 1. The maximum Gasteiger partial charge on any atom is 0.405 e. The van der Waals surface area contributed by atoms with Gasteiger partial charge in [-0.05, 0) is 77.7 Å². The van der Waals surface area contributed by atoms with Crippen molar-refractivity contribution in [1.82, 2.24) is 20.5 Å². The van der Waals surface area contributed by atoms with E-state index in [0.29, 0.717) is 54.1 Å². The van der Waals surface area contributed by atoms with Crippen molar-refractivity contribution in [2.75, 3.05) is 26.7 Å². The molecule has 0 fully saturated rings. The number of phenolic OH excluding ortho intramolecular Hbond substituents is 1. The molecule has 0 aliphatic carbocycles. The van der Waals surface area contributed by atoms with Crippen molar-refractivity contribution in [2.24, 2.45) is 0 Å². The first-order valence-electron chi connectivity index (χ1n) is 18.2. The number of benzene rings is 5. The fourth-order valence-electron chi connectivity index (χ4n) is 6.59. The van der Waals surface area contributed by atoms with Crippen LogP contribution in [-0.4, -0.2) is 63.9 Å². The summed E-state index contributed by atoms with van der Waals surface area (Å²) in [5.41, 5.74) is 4.27. The van der Waals surface area contributed by atoms with Crippen LogP contribution in [-0.2, 0) is 13.2 Å². The van der Waals surface area contributed by atoms with Crippen molar-refractivity contribution in [2.45, 2.75) is 31.7 Å². The van der Waals surface area contributed by atoms with Gasteiger partial charge >= 0.3 is 6.09 Å². The van der Waals surface area contributed by atoms with Gasteiger partial charge in [0.2, 0.25) is 5.56 Å². The van der Waals surface area contributed by atoms with Crippen LogP contribution < -0.4 is 25.7 Å². The van der Waals surface area contributed by atoms with E-state index < -0.39 is 18.2 Å². The van der Waals surface area contributed by atoms with E-state index in [1.54, 1.807) is 36.3 Å². The zero-order valence-corrected chi connectivity index (χ0v) is 30.9. The average Bonchev–Trinajstić information content (AvgIpc) is 3.22. The zero-order chi connectivity index (χ0) is 39.4. The fourth-order valence-corrected chi connectivity index (χ4v) is 6.59. The number of pyridine rings is 1. The van der Waals surface area contributed by atoms with Crippen LogP contribution in [0.4, 0.5) is 4.79 Å². The lowest BCUT2D eigenvalue weighted by molar-refractivity contribution is 0.0739. The van der Waals surface area contributed by atoms with E-state index in [9.17, 15) is 29.7 Å². The summed E-state index contributed by atoms with van der Waals surface area (Å²) < 4.78 is 11.7. The van der Waals surface area contributed by atoms with Crippen LogP contribution in [0.5, 0.6) is 17.2 Å². The summed E-state index contributed by atoms with van der Waals surface area (Å²) in [5, 5.41) is 37.0. The number of para-hydroxylation sites is 1. The van der Waals surface area contributed by atoms with Crippen LogP contribution in [0, 0.1) is 0 Å². The first-order valence-corrected chi connectivity index (χ1v) is 18.2. The number of hydrogen-bond acceptors (Lipinski definition) is 8. The van der Waals surface area contributed by atoms with E-state index in [4.69, 9.17) is 9.47 Å². The Hall–Kier alpha value is -6.63. The molecule has 6 N–H and O–H groups in total. The minimum absolute atomic E-state index is 0.0724. The first-order chi connectivity index (χ1) is 27.2. The molecule has 2 amide bonds. The van der Waals surface area contributed by atoms with Crippen LogP contribution in [0.2, 0.25) is 0 Å². The second-order valence-electron chi connectivity index (χ2n) is 13.2. The van der Waals surface area contributed by atoms with Gasteiger partial charge in [-0.2, -0.15) is 0 Å². The second-order valence-corrected chi connectivity index (χ2v) is 13.2. The highest BCUT2D eigenvalue weighted by atomic mass is 16.5. The molecule has 0 saturated carbocycles. The monoisotopic (exact) mass is 756 g/mol. The highest BCUT2D eigenvalue weighted by Crippen LogP contribution is 2.29. The van der Waals surface area contributed by atoms with Gasteiger partial charge in [0.05, 0.1) is 24.8 Å². The molecule has 0 aliphatic rings. The van der Waals surface area contributed by atoms with Gasteiger partial charge in [0.25, 0.3) is 5.91 Å². The van der Waals surface area contributed by atoms with Gasteiger partial charge in [0.15, 0.2) is 0 Å². The van der Waals surface area contributed by atoms with Crippen molar-refractivity contribution >= 4 is 22.9 Å². The number of aromatic nitrogens is 1. The van der Waals surface area contributed by atoms with Gasteiger partial charge in [0, 0.05) is 42.2 Å².